The van der Waals surface area contributed by atoms with E-state index in [1.165, 1.54) is 0 Å². The maximum Gasteiger partial charge on any atom is 0.339 e. The van der Waals surface area contributed by atoms with E-state index in [1.54, 1.807) is 18.6 Å². The number of rotatable bonds is 1. The summed E-state index contributed by atoms with van der Waals surface area (Å²) in [5, 5.41) is 0. The first-order valence-electron chi connectivity index (χ1n) is 11.8. The van der Waals surface area contributed by atoms with Gasteiger partial charge in [-0.25, -0.2) is 4.79 Å². The van der Waals surface area contributed by atoms with Crippen LogP contribution in [0, 0.1) is 39.4 Å². The van der Waals surface area contributed by atoms with Gasteiger partial charge in [-0.05, 0) is 49.7 Å². The Labute approximate surface area is 186 Å². The summed E-state index contributed by atoms with van der Waals surface area (Å²) >= 11 is 0. The highest BCUT2D eigenvalue weighted by Crippen LogP contribution is 2.85. The quantitative estimate of drug-likeness (QED) is 0.492. The van der Waals surface area contributed by atoms with E-state index in [1.807, 2.05) is 26.8 Å². The third-order valence-electron chi connectivity index (χ3n) is 11.0. The summed E-state index contributed by atoms with van der Waals surface area (Å²) in [6, 6.07) is 1.83. The Bertz CT molecular complexity index is 1130. The van der Waals surface area contributed by atoms with Crippen LogP contribution < -0.4 is 0 Å². The molecule has 3 heterocycles. The molecule has 6 heteroatoms. The predicted octanol–water partition coefficient (Wildman–Crippen LogP) is 3.81. The molecule has 7 rings (SSSR count). The number of carbonyl (C=O) groups is 3. The van der Waals surface area contributed by atoms with Crippen molar-refractivity contribution in [2.75, 3.05) is 0 Å². The summed E-state index contributed by atoms with van der Waals surface area (Å²) in [5.41, 5.74) is -2.07. The molecule has 2 aliphatic heterocycles. The highest BCUT2D eigenvalue weighted by molar-refractivity contribution is 6.02. The molecule has 0 unspecified atom stereocenters. The Morgan fingerprint density at radius 2 is 1.84 bits per heavy atom. The number of hydrogen-bond acceptors (Lipinski definition) is 6. The van der Waals surface area contributed by atoms with Crippen molar-refractivity contribution >= 4 is 17.5 Å². The maximum absolute atomic E-state index is 14.3. The van der Waals surface area contributed by atoms with E-state index in [0.717, 1.165) is 24.8 Å². The van der Waals surface area contributed by atoms with Crippen LogP contribution in [-0.4, -0.2) is 29.2 Å². The van der Waals surface area contributed by atoms with Crippen LogP contribution in [0.15, 0.2) is 35.2 Å². The lowest BCUT2D eigenvalue weighted by Crippen LogP contribution is -2.69. The van der Waals surface area contributed by atoms with Gasteiger partial charge in [0.25, 0.3) is 0 Å². The molecule has 0 aromatic carbocycles. The van der Waals surface area contributed by atoms with E-state index in [9.17, 15) is 14.4 Å². The SMILES string of the molecule is CC1(C)C(=O)C=C[C@]2(C)[C@@H]3CC[C@H]4[C@H](c5ccoc5)OC(=O)[C@H]5O[C@]54[C@]3(C)C(=O)[C@H]3C[C@@]312. The number of fused-ring (bicyclic) bond motifs is 2. The molecule has 3 saturated carbocycles. The molecule has 6 nitrogen and oxygen atoms in total. The molecule has 168 valence electrons. The molecule has 0 bridgehead atoms. The number of Topliss-reactive ketones (excluding diaryl/α,β-unsaturated/α-hetero) is 1. The van der Waals surface area contributed by atoms with E-state index >= 15 is 0 Å². The zero-order valence-electron chi connectivity index (χ0n) is 18.8. The number of ketones is 2. The Morgan fingerprint density at radius 3 is 2.56 bits per heavy atom. The minimum absolute atomic E-state index is 0.00187. The minimum Gasteiger partial charge on any atom is -0.472 e. The summed E-state index contributed by atoms with van der Waals surface area (Å²) in [6.45, 7) is 8.32. The van der Waals surface area contributed by atoms with Crippen LogP contribution in [0.5, 0.6) is 0 Å². The zero-order valence-corrected chi connectivity index (χ0v) is 18.8. The molecule has 1 aromatic heterocycles. The molecular weight excluding hydrogens is 408 g/mol. The molecule has 1 aromatic rings. The van der Waals surface area contributed by atoms with Crippen molar-refractivity contribution in [1.29, 1.82) is 0 Å². The zero-order chi connectivity index (χ0) is 22.5. The van der Waals surface area contributed by atoms with Gasteiger partial charge in [-0.1, -0.05) is 26.8 Å². The number of cyclic esters (lactones) is 1. The Hall–Kier alpha value is -2.21. The lowest BCUT2D eigenvalue weighted by molar-refractivity contribution is -0.192. The summed E-state index contributed by atoms with van der Waals surface area (Å²) in [4.78, 5) is 40.2. The van der Waals surface area contributed by atoms with Crippen molar-refractivity contribution in [3.63, 3.8) is 0 Å². The van der Waals surface area contributed by atoms with Crippen molar-refractivity contribution in [1.82, 2.24) is 0 Å². The molecule has 32 heavy (non-hydrogen) atoms. The number of epoxide rings is 1. The summed E-state index contributed by atoms with van der Waals surface area (Å²) in [5.74, 6) is -0.353. The molecule has 9 atom stereocenters. The van der Waals surface area contributed by atoms with Crippen molar-refractivity contribution in [3.05, 3.63) is 36.3 Å². The average Bonchev–Trinajstić information content (AvgIpc) is 3.63. The fourth-order valence-electron chi connectivity index (χ4n) is 9.37. The third kappa shape index (κ3) is 1.62. The lowest BCUT2D eigenvalue weighted by Gasteiger charge is -2.64. The first-order chi connectivity index (χ1) is 15.1. The van der Waals surface area contributed by atoms with Crippen LogP contribution in [0.3, 0.4) is 0 Å². The van der Waals surface area contributed by atoms with Gasteiger partial charge < -0.3 is 13.9 Å². The van der Waals surface area contributed by atoms with Crippen molar-refractivity contribution < 1.29 is 28.3 Å². The van der Waals surface area contributed by atoms with Gasteiger partial charge in [-0.2, -0.15) is 0 Å². The second kappa shape index (κ2) is 5.14. The van der Waals surface area contributed by atoms with Crippen molar-refractivity contribution in [3.8, 4) is 0 Å². The number of ether oxygens (including phenoxy) is 2. The van der Waals surface area contributed by atoms with Gasteiger partial charge in [0.15, 0.2) is 11.9 Å². The summed E-state index contributed by atoms with van der Waals surface area (Å²) in [6.07, 6.45) is 8.25. The van der Waals surface area contributed by atoms with Gasteiger partial charge in [0.1, 0.15) is 17.5 Å². The fraction of sp³-hybridized carbons (Fsp3) is 0.654. The monoisotopic (exact) mass is 436 g/mol. The average molecular weight is 437 g/mol. The molecule has 0 amide bonds. The van der Waals surface area contributed by atoms with Crippen molar-refractivity contribution in [2.24, 2.45) is 39.4 Å². The molecule has 4 aliphatic carbocycles. The van der Waals surface area contributed by atoms with E-state index in [4.69, 9.17) is 13.9 Å². The van der Waals surface area contributed by atoms with Crippen LogP contribution in [0.2, 0.25) is 0 Å². The van der Waals surface area contributed by atoms with Gasteiger partial charge >= 0.3 is 5.97 Å². The Morgan fingerprint density at radius 1 is 1.06 bits per heavy atom. The van der Waals surface area contributed by atoms with Crippen LogP contribution in [0.1, 0.15) is 58.6 Å². The minimum atomic E-state index is -0.846. The smallest absolute Gasteiger partial charge is 0.339 e. The number of furan rings is 1. The second-order valence-corrected chi connectivity index (χ2v) is 11.8. The van der Waals surface area contributed by atoms with E-state index < -0.39 is 28.6 Å². The predicted molar refractivity (Wildman–Crippen MR) is 111 cm³/mol. The molecule has 5 fully saturated rings. The molecule has 2 spiro atoms. The van der Waals surface area contributed by atoms with Crippen LogP contribution in [0.4, 0.5) is 0 Å². The van der Waals surface area contributed by atoms with Crippen LogP contribution in [-0.2, 0) is 23.9 Å². The topological polar surface area (TPSA) is 86.1 Å². The maximum atomic E-state index is 14.3. The first-order valence-corrected chi connectivity index (χ1v) is 11.8. The van der Waals surface area contributed by atoms with Crippen molar-refractivity contribution in [2.45, 2.75) is 64.8 Å². The lowest BCUT2D eigenvalue weighted by atomic mass is 9.38. The van der Waals surface area contributed by atoms with Gasteiger partial charge in [0, 0.05) is 28.2 Å². The normalized spacial score (nSPS) is 53.9. The van der Waals surface area contributed by atoms with Gasteiger partial charge in [0.2, 0.25) is 0 Å². The fourth-order valence-corrected chi connectivity index (χ4v) is 9.37. The number of esters is 1. The Balaban J connectivity index is 1.41. The third-order valence-corrected chi connectivity index (χ3v) is 11.0. The second-order valence-electron chi connectivity index (χ2n) is 11.8. The first kappa shape index (κ1) is 19.3. The van der Waals surface area contributed by atoms with E-state index in [2.05, 4.69) is 13.0 Å². The standard InChI is InChI=1S/C26H28O6/c1-22(2)17(27)7-9-23(3)16-6-5-14-18(13-8-10-30-12-13)31-21(29)20-26(14,32-20)24(16,4)19(28)15-11-25(15,22)23/h7-10,12,14-16,18,20H,5-6,11H2,1-4H3/t14-,15+,16-,18-,20+,23+,24-,25+,26-/m0/s1. The van der Waals surface area contributed by atoms with Crippen LogP contribution in [0.25, 0.3) is 0 Å². The van der Waals surface area contributed by atoms with Gasteiger partial charge in [0.05, 0.1) is 17.9 Å². The number of allylic oxidation sites excluding steroid dienone is 2. The van der Waals surface area contributed by atoms with Gasteiger partial charge in [-0.15, -0.1) is 0 Å². The Kier molecular flexibility index (Phi) is 3.09. The largest absolute Gasteiger partial charge is 0.472 e. The number of hydrogen-bond donors (Lipinski definition) is 0. The number of carbonyl (C=O) groups excluding carboxylic acids is 3. The summed E-state index contributed by atoms with van der Waals surface area (Å²) < 4.78 is 17.4. The van der Waals surface area contributed by atoms with E-state index in [-0.39, 0.29) is 46.1 Å². The summed E-state index contributed by atoms with van der Waals surface area (Å²) in [7, 11) is 0. The van der Waals surface area contributed by atoms with Crippen LogP contribution >= 0.6 is 0 Å². The van der Waals surface area contributed by atoms with Gasteiger partial charge in [-0.3, -0.25) is 9.59 Å². The molecular formula is C26H28O6. The highest BCUT2D eigenvalue weighted by Gasteiger charge is 2.90. The molecule has 0 N–H and O–H groups in total. The molecule has 6 aliphatic rings. The molecule has 2 saturated heterocycles. The van der Waals surface area contributed by atoms with E-state index in [0.29, 0.717) is 0 Å². The highest BCUT2D eigenvalue weighted by atomic mass is 16.7. The molecule has 0 radical (unpaired) electrons.